The van der Waals surface area contributed by atoms with Crippen LogP contribution in [0.3, 0.4) is 0 Å². The summed E-state index contributed by atoms with van der Waals surface area (Å²) >= 11 is 5.88. The molecule has 0 spiro atoms. The quantitative estimate of drug-likeness (QED) is 0.408. The van der Waals surface area contributed by atoms with Crippen LogP contribution in [0.5, 0.6) is 0 Å². The molecule has 2 aliphatic rings. The van der Waals surface area contributed by atoms with E-state index in [9.17, 15) is 24.9 Å². The Hall–Kier alpha value is -1.67. The van der Waals surface area contributed by atoms with Crippen molar-refractivity contribution in [2.45, 2.75) is 81.7 Å². The third-order valence-corrected chi connectivity index (χ3v) is 6.59. The summed E-state index contributed by atoms with van der Waals surface area (Å²) in [5.74, 6) is -1.90. The molecule has 1 aromatic rings. The second-order valence-corrected chi connectivity index (χ2v) is 9.09. The summed E-state index contributed by atoms with van der Waals surface area (Å²) in [6.45, 7) is 0.154. The maximum atomic E-state index is 12.5. The smallest absolute Gasteiger partial charge is 0.336 e. The molecule has 4 atom stereocenters. The van der Waals surface area contributed by atoms with Gasteiger partial charge in [0.1, 0.15) is 12.2 Å². The first-order valence-electron chi connectivity index (χ1n) is 11.0. The molecular formula is C23H31ClO7. The van der Waals surface area contributed by atoms with Gasteiger partial charge in [-0.15, -0.1) is 0 Å². The standard InChI is InChI=1S/C23H31ClO7/c24-17-10-8-15(9-11-17)5-4-12-30-23(22(28)29)13-18(25)20(26)19(14-23)31-21(27)16-6-2-1-3-7-16/h8-11,16,18-20,25-26H,1-7,12-14H2,(H,28,29)/t18-,19-,20-,23+/m1/s1. The highest BCUT2D eigenvalue weighted by Gasteiger charge is 2.52. The molecule has 2 fully saturated rings. The van der Waals surface area contributed by atoms with Crippen molar-refractivity contribution in [3.8, 4) is 0 Å². The molecule has 0 heterocycles. The summed E-state index contributed by atoms with van der Waals surface area (Å²) in [7, 11) is 0. The Morgan fingerprint density at radius 3 is 2.39 bits per heavy atom. The molecule has 3 N–H and O–H groups in total. The number of ether oxygens (including phenoxy) is 2. The first-order valence-corrected chi connectivity index (χ1v) is 11.4. The molecule has 7 nitrogen and oxygen atoms in total. The van der Waals surface area contributed by atoms with Gasteiger partial charge in [-0.1, -0.05) is 43.0 Å². The number of carbonyl (C=O) groups is 2. The van der Waals surface area contributed by atoms with Crippen molar-refractivity contribution in [2.75, 3.05) is 6.61 Å². The van der Waals surface area contributed by atoms with Gasteiger partial charge < -0.3 is 24.8 Å². The molecule has 31 heavy (non-hydrogen) atoms. The number of rotatable bonds is 8. The van der Waals surface area contributed by atoms with Crippen molar-refractivity contribution in [1.29, 1.82) is 0 Å². The minimum atomic E-state index is -1.71. The van der Waals surface area contributed by atoms with Crippen molar-refractivity contribution in [2.24, 2.45) is 5.92 Å². The molecule has 0 bridgehead atoms. The van der Waals surface area contributed by atoms with E-state index in [1.54, 1.807) is 12.1 Å². The number of carboxylic acids is 1. The topological polar surface area (TPSA) is 113 Å². The molecule has 1 aromatic carbocycles. The van der Waals surface area contributed by atoms with Gasteiger partial charge in [0.05, 0.1) is 12.0 Å². The number of esters is 1. The molecule has 0 radical (unpaired) electrons. The minimum absolute atomic E-state index is 0.154. The lowest BCUT2D eigenvalue weighted by atomic mass is 9.79. The third kappa shape index (κ3) is 6.19. The van der Waals surface area contributed by atoms with E-state index in [-0.39, 0.29) is 25.4 Å². The number of carboxylic acid groups (broad SMARTS) is 1. The Labute approximate surface area is 187 Å². The van der Waals surface area contributed by atoms with Gasteiger partial charge in [0.25, 0.3) is 0 Å². The molecule has 0 aromatic heterocycles. The predicted octanol–water partition coefficient (Wildman–Crippen LogP) is 3.12. The van der Waals surface area contributed by atoms with Crippen LogP contribution in [-0.4, -0.2) is 57.8 Å². The summed E-state index contributed by atoms with van der Waals surface area (Å²) in [5, 5.41) is 31.2. The van der Waals surface area contributed by atoms with E-state index < -0.39 is 35.9 Å². The monoisotopic (exact) mass is 454 g/mol. The highest BCUT2D eigenvalue weighted by atomic mass is 35.5. The van der Waals surface area contributed by atoms with Crippen LogP contribution in [-0.2, 0) is 25.5 Å². The Morgan fingerprint density at radius 2 is 1.74 bits per heavy atom. The average molecular weight is 455 g/mol. The molecule has 8 heteroatoms. The highest BCUT2D eigenvalue weighted by Crippen LogP contribution is 2.36. The molecule has 0 saturated heterocycles. The summed E-state index contributed by atoms with van der Waals surface area (Å²) in [6.07, 6.45) is 1.43. The Balaban J connectivity index is 1.60. The van der Waals surface area contributed by atoms with Gasteiger partial charge >= 0.3 is 11.9 Å². The molecular weight excluding hydrogens is 424 g/mol. The lowest BCUT2D eigenvalue weighted by molar-refractivity contribution is -0.210. The maximum absolute atomic E-state index is 12.5. The SMILES string of the molecule is O=C(O[C@@H]1C[C@](OCCCc2ccc(Cl)cc2)(C(=O)O)C[C@@H](O)[C@H]1O)C1CCCCC1. The van der Waals surface area contributed by atoms with E-state index in [2.05, 4.69) is 0 Å². The van der Waals surface area contributed by atoms with Crippen LogP contribution in [0.1, 0.15) is 56.9 Å². The lowest BCUT2D eigenvalue weighted by Gasteiger charge is -2.42. The van der Waals surface area contributed by atoms with E-state index >= 15 is 0 Å². The minimum Gasteiger partial charge on any atom is -0.479 e. The van der Waals surface area contributed by atoms with Gasteiger partial charge in [0.2, 0.25) is 0 Å². The van der Waals surface area contributed by atoms with Crippen molar-refractivity contribution >= 4 is 23.5 Å². The number of benzene rings is 1. The van der Waals surface area contributed by atoms with Crippen LogP contribution in [0.15, 0.2) is 24.3 Å². The summed E-state index contributed by atoms with van der Waals surface area (Å²) < 4.78 is 11.3. The van der Waals surface area contributed by atoms with Gasteiger partial charge in [0.15, 0.2) is 5.60 Å². The van der Waals surface area contributed by atoms with Gasteiger partial charge in [-0.25, -0.2) is 4.79 Å². The Morgan fingerprint density at radius 1 is 1.06 bits per heavy atom. The van der Waals surface area contributed by atoms with Crippen LogP contribution in [0.25, 0.3) is 0 Å². The molecule has 0 amide bonds. The molecule has 0 aliphatic heterocycles. The zero-order valence-electron chi connectivity index (χ0n) is 17.5. The largest absolute Gasteiger partial charge is 0.479 e. The third-order valence-electron chi connectivity index (χ3n) is 6.34. The van der Waals surface area contributed by atoms with Crippen LogP contribution in [0, 0.1) is 5.92 Å². The van der Waals surface area contributed by atoms with Crippen molar-refractivity contribution in [1.82, 2.24) is 0 Å². The van der Waals surface area contributed by atoms with Crippen molar-refractivity contribution in [3.05, 3.63) is 34.9 Å². The normalized spacial score (nSPS) is 29.5. The molecule has 172 valence electrons. The van der Waals surface area contributed by atoms with E-state index in [4.69, 9.17) is 21.1 Å². The van der Waals surface area contributed by atoms with Gasteiger partial charge in [-0.2, -0.15) is 0 Å². The van der Waals surface area contributed by atoms with E-state index in [0.29, 0.717) is 17.9 Å². The van der Waals surface area contributed by atoms with E-state index in [1.807, 2.05) is 12.1 Å². The molecule has 3 rings (SSSR count). The van der Waals surface area contributed by atoms with Crippen molar-refractivity contribution in [3.63, 3.8) is 0 Å². The highest BCUT2D eigenvalue weighted by molar-refractivity contribution is 6.30. The summed E-state index contributed by atoms with van der Waals surface area (Å²) in [4.78, 5) is 24.6. The number of aliphatic hydroxyl groups is 2. The number of halogens is 1. The second kappa shape index (κ2) is 10.8. The van der Waals surface area contributed by atoms with Crippen LogP contribution >= 0.6 is 11.6 Å². The van der Waals surface area contributed by atoms with E-state index in [0.717, 1.165) is 37.7 Å². The van der Waals surface area contributed by atoms with E-state index in [1.165, 1.54) is 0 Å². The predicted molar refractivity (Wildman–Crippen MR) is 114 cm³/mol. The number of carbonyl (C=O) groups excluding carboxylic acids is 1. The first kappa shape index (κ1) is 24.0. The molecule has 0 unspecified atom stereocenters. The second-order valence-electron chi connectivity index (χ2n) is 8.65. The van der Waals surface area contributed by atoms with Crippen LogP contribution in [0.4, 0.5) is 0 Å². The summed E-state index contributed by atoms with van der Waals surface area (Å²) in [6, 6.07) is 7.38. The zero-order chi connectivity index (χ0) is 22.4. The first-order chi connectivity index (χ1) is 14.8. The Kier molecular flexibility index (Phi) is 8.33. The maximum Gasteiger partial charge on any atom is 0.336 e. The van der Waals surface area contributed by atoms with Crippen molar-refractivity contribution < 1.29 is 34.4 Å². The molecule has 2 aliphatic carbocycles. The average Bonchev–Trinajstić information content (AvgIpc) is 2.76. The fourth-order valence-electron chi connectivity index (χ4n) is 4.48. The number of hydrogen-bond donors (Lipinski definition) is 3. The van der Waals surface area contributed by atoms with Crippen LogP contribution in [0.2, 0.25) is 5.02 Å². The lowest BCUT2D eigenvalue weighted by Crippen LogP contribution is -2.58. The fraction of sp³-hybridized carbons (Fsp3) is 0.652. The van der Waals surface area contributed by atoms with Gasteiger partial charge in [-0.3, -0.25) is 4.79 Å². The molecule has 2 saturated carbocycles. The zero-order valence-corrected chi connectivity index (χ0v) is 18.3. The van der Waals surface area contributed by atoms with Crippen LogP contribution < -0.4 is 0 Å². The number of aryl methyl sites for hydroxylation is 1. The van der Waals surface area contributed by atoms with Gasteiger partial charge in [0, 0.05) is 24.5 Å². The Bertz CT molecular complexity index is 747. The number of hydrogen-bond acceptors (Lipinski definition) is 6. The van der Waals surface area contributed by atoms with Gasteiger partial charge in [-0.05, 0) is 43.4 Å². The number of aliphatic hydroxyl groups excluding tert-OH is 2. The number of aliphatic carboxylic acids is 1. The summed E-state index contributed by atoms with van der Waals surface area (Å²) in [5.41, 5.74) is -0.661. The fourth-order valence-corrected chi connectivity index (χ4v) is 4.61.